The number of carbonyl (C=O) groups excluding carboxylic acids is 1. The molecule has 5 atom stereocenters. The molecule has 2 aliphatic carbocycles. The van der Waals surface area contributed by atoms with Crippen LogP contribution in [0.1, 0.15) is 60.3 Å². The highest BCUT2D eigenvalue weighted by Gasteiger charge is 2.61. The van der Waals surface area contributed by atoms with Crippen LogP contribution >= 0.6 is 0 Å². The van der Waals surface area contributed by atoms with E-state index in [-0.39, 0.29) is 34.7 Å². The Labute approximate surface area is 188 Å². The van der Waals surface area contributed by atoms with Gasteiger partial charge in [0.05, 0.1) is 12.2 Å². The van der Waals surface area contributed by atoms with Gasteiger partial charge in [0.25, 0.3) is 0 Å². The fourth-order valence-corrected chi connectivity index (χ4v) is 6.59. The second-order valence-electron chi connectivity index (χ2n) is 10.7. The number of ether oxygens (including phenoxy) is 2. The van der Waals surface area contributed by atoms with E-state index in [1.807, 2.05) is 19.1 Å². The first kappa shape index (κ1) is 22.8. The van der Waals surface area contributed by atoms with Gasteiger partial charge >= 0.3 is 11.6 Å². The summed E-state index contributed by atoms with van der Waals surface area (Å²) < 4.78 is 17.2. The first-order valence-electron chi connectivity index (χ1n) is 11.5. The van der Waals surface area contributed by atoms with Crippen LogP contribution in [-0.4, -0.2) is 29.4 Å². The number of esters is 1. The number of rotatable bonds is 4. The topological polar surface area (TPSA) is 86.0 Å². The van der Waals surface area contributed by atoms with Crippen LogP contribution in [0.3, 0.4) is 0 Å². The molecule has 2 fully saturated rings. The molecule has 174 valence electrons. The van der Waals surface area contributed by atoms with E-state index in [0.29, 0.717) is 24.4 Å². The first-order valence-corrected chi connectivity index (χ1v) is 11.5. The van der Waals surface area contributed by atoms with Crippen molar-refractivity contribution < 1.29 is 23.8 Å². The molecular weight excluding hydrogens is 408 g/mol. The third kappa shape index (κ3) is 3.94. The van der Waals surface area contributed by atoms with E-state index in [1.165, 1.54) is 13.0 Å². The smallest absolute Gasteiger partial charge is 0.336 e. The summed E-state index contributed by atoms with van der Waals surface area (Å²) in [7, 11) is 0. The van der Waals surface area contributed by atoms with Gasteiger partial charge < -0.3 is 19.0 Å². The molecule has 0 radical (unpaired) electrons. The zero-order valence-electron chi connectivity index (χ0n) is 19.6. The highest BCUT2D eigenvalue weighted by Crippen LogP contribution is 2.62. The van der Waals surface area contributed by atoms with Crippen LogP contribution < -0.4 is 10.4 Å². The maximum absolute atomic E-state index is 11.7. The maximum atomic E-state index is 11.7. The number of aliphatic hydroxyl groups is 1. The van der Waals surface area contributed by atoms with Crippen molar-refractivity contribution in [3.63, 3.8) is 0 Å². The number of benzene rings is 1. The summed E-state index contributed by atoms with van der Waals surface area (Å²) in [5.74, 6) is 0.569. The molecule has 0 aliphatic heterocycles. The summed E-state index contributed by atoms with van der Waals surface area (Å²) in [4.78, 5) is 23.2. The first-order chi connectivity index (χ1) is 14.9. The Balaban J connectivity index is 1.59. The second-order valence-corrected chi connectivity index (χ2v) is 10.7. The van der Waals surface area contributed by atoms with Gasteiger partial charge in [-0.15, -0.1) is 0 Å². The minimum atomic E-state index is -0.862. The highest BCUT2D eigenvalue weighted by molar-refractivity contribution is 5.77. The van der Waals surface area contributed by atoms with Gasteiger partial charge in [-0.1, -0.05) is 20.8 Å². The van der Waals surface area contributed by atoms with E-state index in [9.17, 15) is 14.7 Å². The van der Waals surface area contributed by atoms with Crippen LogP contribution in [0.5, 0.6) is 5.75 Å². The molecule has 1 N–H and O–H groups in total. The van der Waals surface area contributed by atoms with Crippen molar-refractivity contribution >= 4 is 16.9 Å². The van der Waals surface area contributed by atoms with Crippen molar-refractivity contribution in [2.75, 3.05) is 6.61 Å². The number of fused-ring (bicyclic) bond motifs is 2. The van der Waals surface area contributed by atoms with Crippen molar-refractivity contribution in [3.05, 3.63) is 40.8 Å². The quantitative estimate of drug-likeness (QED) is 0.545. The molecule has 4 rings (SSSR count). The summed E-state index contributed by atoms with van der Waals surface area (Å²) in [5.41, 5.74) is -1.13. The normalized spacial score (nSPS) is 34.0. The van der Waals surface area contributed by atoms with Crippen molar-refractivity contribution in [2.24, 2.45) is 22.7 Å². The lowest BCUT2D eigenvalue weighted by Crippen LogP contribution is -2.62. The van der Waals surface area contributed by atoms with Crippen molar-refractivity contribution in [1.82, 2.24) is 0 Å². The minimum absolute atomic E-state index is 0.0928. The van der Waals surface area contributed by atoms with Crippen LogP contribution in [0.4, 0.5) is 0 Å². The molecule has 6 nitrogen and oxygen atoms in total. The molecule has 0 unspecified atom stereocenters. The SMILES string of the molecule is CC(=O)O[C@H]1CC[C@]2(C)[C@@H](COc3ccc4ccc(=O)oc4c3)[C@](C)(O)CC[C@H]2C1(C)C. The van der Waals surface area contributed by atoms with E-state index in [2.05, 4.69) is 20.8 Å². The lowest BCUT2D eigenvalue weighted by molar-refractivity contribution is -0.210. The Hall–Kier alpha value is -2.34. The Morgan fingerprint density at radius 1 is 1.12 bits per heavy atom. The van der Waals surface area contributed by atoms with Crippen LogP contribution in [-0.2, 0) is 9.53 Å². The van der Waals surface area contributed by atoms with E-state index < -0.39 is 11.2 Å². The van der Waals surface area contributed by atoms with Gasteiger partial charge in [-0.2, -0.15) is 0 Å². The zero-order valence-corrected chi connectivity index (χ0v) is 19.6. The summed E-state index contributed by atoms with van der Waals surface area (Å²) in [6.07, 6.45) is 3.06. The molecule has 1 heterocycles. The summed E-state index contributed by atoms with van der Waals surface area (Å²) in [6, 6.07) is 8.59. The van der Waals surface area contributed by atoms with Crippen LogP contribution in [0, 0.1) is 22.7 Å². The third-order valence-corrected chi connectivity index (χ3v) is 8.27. The Bertz CT molecular complexity index is 1070. The monoisotopic (exact) mass is 442 g/mol. The van der Waals surface area contributed by atoms with Gasteiger partial charge in [0.1, 0.15) is 17.4 Å². The summed E-state index contributed by atoms with van der Waals surface area (Å²) >= 11 is 0. The Morgan fingerprint density at radius 3 is 2.56 bits per heavy atom. The fourth-order valence-electron chi connectivity index (χ4n) is 6.59. The van der Waals surface area contributed by atoms with Crippen molar-refractivity contribution in [3.8, 4) is 5.75 Å². The van der Waals surface area contributed by atoms with Crippen molar-refractivity contribution in [2.45, 2.75) is 72.0 Å². The molecule has 1 aromatic carbocycles. The Kier molecular flexibility index (Phi) is 5.64. The third-order valence-electron chi connectivity index (χ3n) is 8.27. The predicted octanol–water partition coefficient (Wildman–Crippen LogP) is 4.71. The highest BCUT2D eigenvalue weighted by atomic mass is 16.5. The molecule has 2 aliphatic rings. The molecule has 6 heteroatoms. The summed E-state index contributed by atoms with van der Waals surface area (Å²) in [5, 5.41) is 12.2. The van der Waals surface area contributed by atoms with Gasteiger partial charge in [0.15, 0.2) is 0 Å². The molecule has 2 saturated carbocycles. The molecular formula is C26H34O6. The van der Waals surface area contributed by atoms with E-state index >= 15 is 0 Å². The van der Waals surface area contributed by atoms with Crippen LogP contribution in [0.2, 0.25) is 0 Å². The molecule has 0 saturated heterocycles. The largest absolute Gasteiger partial charge is 0.493 e. The average Bonchev–Trinajstić information content (AvgIpc) is 2.68. The minimum Gasteiger partial charge on any atom is -0.493 e. The average molecular weight is 443 g/mol. The lowest BCUT2D eigenvalue weighted by Gasteiger charge is -2.62. The van der Waals surface area contributed by atoms with Gasteiger partial charge in [-0.3, -0.25) is 4.79 Å². The van der Waals surface area contributed by atoms with Gasteiger partial charge in [-0.05, 0) is 62.1 Å². The fraction of sp³-hybridized carbons (Fsp3) is 0.615. The standard InChI is InChI=1S/C26H34O6/c1-16(27)31-22-11-12-25(4)20(24(22,2)3)10-13-26(5,29)21(25)15-30-18-8-6-17-7-9-23(28)32-19(17)14-18/h6-9,14,20-22,29H,10-13,15H2,1-5H3/t20-,21+,22-,25-,26+/m0/s1. The van der Waals surface area contributed by atoms with Gasteiger partial charge in [0, 0.05) is 35.8 Å². The van der Waals surface area contributed by atoms with E-state index in [1.54, 1.807) is 12.1 Å². The van der Waals surface area contributed by atoms with Crippen molar-refractivity contribution in [1.29, 1.82) is 0 Å². The molecule has 0 spiro atoms. The zero-order chi connectivity index (χ0) is 23.3. The second kappa shape index (κ2) is 7.91. The van der Waals surface area contributed by atoms with Crippen LogP contribution in [0.25, 0.3) is 11.0 Å². The maximum Gasteiger partial charge on any atom is 0.336 e. The van der Waals surface area contributed by atoms with Crippen LogP contribution in [0.15, 0.2) is 39.5 Å². The molecule has 0 bridgehead atoms. The number of carbonyl (C=O) groups is 1. The molecule has 2 aromatic rings. The number of hydrogen-bond acceptors (Lipinski definition) is 6. The predicted molar refractivity (Wildman–Crippen MR) is 121 cm³/mol. The van der Waals surface area contributed by atoms with E-state index in [4.69, 9.17) is 13.9 Å². The number of hydrogen-bond donors (Lipinski definition) is 1. The molecule has 1 aromatic heterocycles. The Morgan fingerprint density at radius 2 is 1.84 bits per heavy atom. The van der Waals surface area contributed by atoms with Gasteiger partial charge in [0.2, 0.25) is 0 Å². The lowest BCUT2D eigenvalue weighted by atomic mass is 9.45. The van der Waals surface area contributed by atoms with E-state index in [0.717, 1.165) is 24.6 Å². The molecule has 0 amide bonds. The summed E-state index contributed by atoms with van der Waals surface area (Å²) in [6.45, 7) is 10.4. The molecule has 32 heavy (non-hydrogen) atoms. The van der Waals surface area contributed by atoms with Gasteiger partial charge in [-0.25, -0.2) is 4.79 Å².